The van der Waals surface area contributed by atoms with Crippen molar-refractivity contribution in [1.29, 1.82) is 0 Å². The van der Waals surface area contributed by atoms with Gasteiger partial charge >= 0.3 is 0 Å². The zero-order valence-corrected chi connectivity index (χ0v) is 18.2. The third-order valence-corrected chi connectivity index (χ3v) is 5.20. The molecule has 1 N–H and O–H groups in total. The summed E-state index contributed by atoms with van der Waals surface area (Å²) in [6.45, 7) is 0.613. The molecule has 4 rings (SSSR count). The molecule has 0 aliphatic carbocycles. The summed E-state index contributed by atoms with van der Waals surface area (Å²) in [5.41, 5.74) is 2.45. The smallest absolute Gasteiger partial charge is 0.257 e. The molecule has 0 saturated heterocycles. The van der Waals surface area contributed by atoms with Crippen LogP contribution < -0.4 is 5.32 Å². The fraction of sp³-hybridized carbons (Fsp3) is 0.125. The van der Waals surface area contributed by atoms with Gasteiger partial charge in [-0.15, -0.1) is 10.2 Å². The number of hydrogen-bond donors (Lipinski definition) is 1. The minimum Gasteiger partial charge on any atom is -0.316 e. The topological polar surface area (TPSA) is 89.8 Å². The number of carbonyl (C=O) groups excluding carboxylic acids is 2. The number of hydrogen-bond acceptors (Lipinski definition) is 5. The van der Waals surface area contributed by atoms with Crippen molar-refractivity contribution in [1.82, 2.24) is 19.7 Å². The molecule has 0 radical (unpaired) electrons. The largest absolute Gasteiger partial charge is 0.316 e. The van der Waals surface area contributed by atoms with Gasteiger partial charge in [-0.2, -0.15) is 0 Å². The average Bonchev–Trinajstić information content (AvgIpc) is 3.30. The number of aromatic nitrogens is 4. The number of ketones is 1. The highest BCUT2D eigenvalue weighted by Crippen LogP contribution is 2.20. The fourth-order valence-electron chi connectivity index (χ4n) is 3.13. The van der Waals surface area contributed by atoms with Crippen LogP contribution in [0.3, 0.4) is 0 Å². The Balaban J connectivity index is 0.00000306. The standard InChI is InChI=1S/C23H17Cl2N5O2.CH4/c24-18-6-5-17(20(10-18)23(32)29-22-8-7-19(25)11-26-22)9-21(31)16-3-1-15(2-4-16)12-30-13-27-28-14-30;/h1-8,10-11,13-14H,9,12H2,(H,26,29,32);1H4. The maximum Gasteiger partial charge on any atom is 0.257 e. The summed E-state index contributed by atoms with van der Waals surface area (Å²) in [6.07, 6.45) is 4.75. The minimum atomic E-state index is -0.408. The molecular weight excluding hydrogens is 461 g/mol. The molecule has 0 saturated carbocycles. The van der Waals surface area contributed by atoms with Gasteiger partial charge in [0.15, 0.2) is 5.78 Å². The zero-order chi connectivity index (χ0) is 22.5. The molecule has 33 heavy (non-hydrogen) atoms. The Bertz CT molecular complexity index is 1240. The average molecular weight is 482 g/mol. The Morgan fingerprint density at radius 3 is 2.27 bits per heavy atom. The van der Waals surface area contributed by atoms with E-state index in [2.05, 4.69) is 20.5 Å². The summed E-state index contributed by atoms with van der Waals surface area (Å²) in [7, 11) is 0. The lowest BCUT2D eigenvalue weighted by Gasteiger charge is -2.11. The van der Waals surface area contributed by atoms with Gasteiger partial charge in [0.2, 0.25) is 0 Å². The number of anilines is 1. The van der Waals surface area contributed by atoms with Crippen LogP contribution in [0.2, 0.25) is 10.0 Å². The first-order valence-electron chi connectivity index (χ1n) is 9.64. The highest BCUT2D eigenvalue weighted by atomic mass is 35.5. The monoisotopic (exact) mass is 481 g/mol. The van der Waals surface area contributed by atoms with Crippen molar-refractivity contribution >= 4 is 40.7 Å². The number of benzene rings is 2. The van der Waals surface area contributed by atoms with Crippen molar-refractivity contribution in [2.45, 2.75) is 20.4 Å². The van der Waals surface area contributed by atoms with E-state index in [-0.39, 0.29) is 19.6 Å². The molecule has 4 aromatic rings. The normalized spacial score (nSPS) is 10.4. The van der Waals surface area contributed by atoms with E-state index in [1.54, 1.807) is 49.1 Å². The Hall–Kier alpha value is -3.55. The quantitative estimate of drug-likeness (QED) is 0.359. The molecule has 0 unspecified atom stereocenters. The SMILES string of the molecule is C.O=C(Cc1ccc(Cl)cc1C(=O)Nc1ccc(Cl)cn1)c1ccc(Cn2cnnc2)cc1. The van der Waals surface area contributed by atoms with Crippen molar-refractivity contribution in [2.75, 3.05) is 5.32 Å². The van der Waals surface area contributed by atoms with Crippen molar-refractivity contribution in [2.24, 2.45) is 0 Å². The molecule has 168 valence electrons. The highest BCUT2D eigenvalue weighted by Gasteiger charge is 2.17. The van der Waals surface area contributed by atoms with Gasteiger partial charge in [0.05, 0.1) is 5.02 Å². The molecule has 9 heteroatoms. The Kier molecular flexibility index (Phi) is 7.92. The predicted molar refractivity (Wildman–Crippen MR) is 129 cm³/mol. The van der Waals surface area contributed by atoms with Crippen LogP contribution in [-0.2, 0) is 13.0 Å². The molecule has 0 bridgehead atoms. The van der Waals surface area contributed by atoms with E-state index in [4.69, 9.17) is 23.2 Å². The van der Waals surface area contributed by atoms with E-state index in [1.807, 2.05) is 16.7 Å². The Labute approximate surface area is 201 Å². The molecule has 0 fully saturated rings. The Morgan fingerprint density at radius 2 is 1.61 bits per heavy atom. The first kappa shape index (κ1) is 24.1. The maximum atomic E-state index is 12.9. The van der Waals surface area contributed by atoms with Crippen molar-refractivity contribution < 1.29 is 9.59 Å². The molecule has 7 nitrogen and oxygen atoms in total. The molecule has 1 amide bonds. The van der Waals surface area contributed by atoms with Crippen LogP contribution in [0, 0.1) is 0 Å². The number of halogens is 2. The lowest BCUT2D eigenvalue weighted by atomic mass is 9.97. The fourth-order valence-corrected chi connectivity index (χ4v) is 3.42. The molecule has 0 aliphatic rings. The summed E-state index contributed by atoms with van der Waals surface area (Å²) >= 11 is 11.9. The maximum absolute atomic E-state index is 12.9. The number of rotatable bonds is 7. The molecule has 2 aromatic heterocycles. The van der Waals surface area contributed by atoms with Crippen molar-refractivity contribution in [3.05, 3.63) is 106 Å². The van der Waals surface area contributed by atoms with E-state index in [9.17, 15) is 9.59 Å². The van der Waals surface area contributed by atoms with Crippen LogP contribution in [0.15, 0.2) is 73.4 Å². The second kappa shape index (κ2) is 10.8. The number of amides is 1. The number of nitrogens with one attached hydrogen (secondary N) is 1. The molecular formula is C24H21Cl2N5O2. The van der Waals surface area contributed by atoms with Crippen LogP contribution in [0.5, 0.6) is 0 Å². The van der Waals surface area contributed by atoms with Gasteiger partial charge in [0.25, 0.3) is 5.91 Å². The molecule has 2 aromatic carbocycles. The summed E-state index contributed by atoms with van der Waals surface area (Å²) in [5, 5.41) is 11.1. The van der Waals surface area contributed by atoms with Gasteiger partial charge in [0.1, 0.15) is 18.5 Å². The van der Waals surface area contributed by atoms with Gasteiger partial charge in [-0.05, 0) is 35.4 Å². The zero-order valence-electron chi connectivity index (χ0n) is 16.7. The first-order chi connectivity index (χ1) is 15.5. The van der Waals surface area contributed by atoms with E-state index >= 15 is 0 Å². The lowest BCUT2D eigenvalue weighted by Crippen LogP contribution is -2.17. The predicted octanol–water partition coefficient (Wildman–Crippen LogP) is 5.34. The summed E-state index contributed by atoms with van der Waals surface area (Å²) in [6, 6.07) is 15.4. The summed E-state index contributed by atoms with van der Waals surface area (Å²) in [4.78, 5) is 29.8. The number of nitrogens with zero attached hydrogens (tertiary/aromatic N) is 4. The summed E-state index contributed by atoms with van der Waals surface area (Å²) in [5.74, 6) is -0.170. The lowest BCUT2D eigenvalue weighted by molar-refractivity contribution is 0.0992. The van der Waals surface area contributed by atoms with Gasteiger partial charge in [-0.3, -0.25) is 9.59 Å². The van der Waals surface area contributed by atoms with E-state index < -0.39 is 5.91 Å². The second-order valence-electron chi connectivity index (χ2n) is 7.05. The number of pyridine rings is 1. The Morgan fingerprint density at radius 1 is 0.909 bits per heavy atom. The van der Waals surface area contributed by atoms with E-state index in [0.29, 0.717) is 39.1 Å². The van der Waals surface area contributed by atoms with Gasteiger partial charge in [0, 0.05) is 35.3 Å². The molecule has 2 heterocycles. The van der Waals surface area contributed by atoms with Gasteiger partial charge < -0.3 is 9.88 Å². The summed E-state index contributed by atoms with van der Waals surface area (Å²) < 4.78 is 1.84. The van der Waals surface area contributed by atoms with Crippen molar-refractivity contribution in [3.63, 3.8) is 0 Å². The van der Waals surface area contributed by atoms with E-state index in [1.165, 1.54) is 12.3 Å². The highest BCUT2D eigenvalue weighted by molar-refractivity contribution is 6.31. The van der Waals surface area contributed by atoms with Crippen LogP contribution in [0.1, 0.15) is 39.3 Å². The molecule has 0 atom stereocenters. The first-order valence-corrected chi connectivity index (χ1v) is 10.4. The number of carbonyl (C=O) groups is 2. The second-order valence-corrected chi connectivity index (χ2v) is 7.92. The van der Waals surface area contributed by atoms with Crippen molar-refractivity contribution in [3.8, 4) is 0 Å². The van der Waals surface area contributed by atoms with Gasteiger partial charge in [-0.1, -0.05) is 61.0 Å². The molecule has 0 spiro atoms. The van der Waals surface area contributed by atoms with Crippen LogP contribution >= 0.6 is 23.2 Å². The third-order valence-electron chi connectivity index (χ3n) is 4.74. The van der Waals surface area contributed by atoms with Crippen LogP contribution in [0.4, 0.5) is 5.82 Å². The molecule has 0 aliphatic heterocycles. The van der Waals surface area contributed by atoms with Gasteiger partial charge in [-0.25, -0.2) is 4.98 Å². The van der Waals surface area contributed by atoms with Crippen LogP contribution in [0.25, 0.3) is 0 Å². The van der Waals surface area contributed by atoms with E-state index in [0.717, 1.165) is 5.56 Å². The van der Waals surface area contributed by atoms with Crippen LogP contribution in [-0.4, -0.2) is 31.4 Å². The third kappa shape index (κ3) is 6.25. The number of Topliss-reactive ketones (excluding diaryl/α,β-unsaturated/α-hetero) is 1. The minimum absolute atomic E-state index is 0.